The van der Waals surface area contributed by atoms with Gasteiger partial charge in [-0.2, -0.15) is 5.26 Å². The van der Waals surface area contributed by atoms with Crippen LogP contribution in [0, 0.1) is 11.3 Å². The molecule has 2 aromatic rings. The molecule has 2 rings (SSSR count). The van der Waals surface area contributed by atoms with Gasteiger partial charge in [-0.25, -0.2) is 4.98 Å². The van der Waals surface area contributed by atoms with Crippen molar-refractivity contribution in [1.82, 2.24) is 9.97 Å². The van der Waals surface area contributed by atoms with Crippen LogP contribution in [0.15, 0.2) is 36.8 Å². The molecule has 1 N–H and O–H groups in total. The standard InChI is InChI=1S/C11H9N3.ClH/c12-6-10-3-1-9(2-4-10)5-11-7-13-8-14-11;/h1-4,7-8H,5H2,(H,13,14);1H. The average Bonchev–Trinajstić information content (AvgIpc) is 2.72. The summed E-state index contributed by atoms with van der Waals surface area (Å²) in [4.78, 5) is 6.98. The second kappa shape index (κ2) is 5.18. The summed E-state index contributed by atoms with van der Waals surface area (Å²) in [7, 11) is 0. The third kappa shape index (κ3) is 2.83. The second-order valence-corrected chi connectivity index (χ2v) is 3.06. The van der Waals surface area contributed by atoms with Gasteiger partial charge in [0.1, 0.15) is 0 Å². The fraction of sp³-hybridized carbons (Fsp3) is 0.0909. The molecule has 3 nitrogen and oxygen atoms in total. The highest BCUT2D eigenvalue weighted by Gasteiger charge is 1.97. The lowest BCUT2D eigenvalue weighted by molar-refractivity contribution is 1.11. The molecule has 0 amide bonds. The van der Waals surface area contributed by atoms with E-state index < -0.39 is 0 Å². The summed E-state index contributed by atoms with van der Waals surface area (Å²) >= 11 is 0. The lowest BCUT2D eigenvalue weighted by atomic mass is 10.1. The minimum Gasteiger partial charge on any atom is -0.348 e. The number of imidazole rings is 1. The van der Waals surface area contributed by atoms with Crippen molar-refractivity contribution >= 4 is 12.4 Å². The van der Waals surface area contributed by atoms with Crippen LogP contribution in [0.2, 0.25) is 0 Å². The Morgan fingerprint density at radius 1 is 1.27 bits per heavy atom. The van der Waals surface area contributed by atoms with Crippen molar-refractivity contribution < 1.29 is 0 Å². The fourth-order valence-electron chi connectivity index (χ4n) is 1.30. The summed E-state index contributed by atoms with van der Waals surface area (Å²) in [5.74, 6) is 0. The Morgan fingerprint density at radius 2 is 2.00 bits per heavy atom. The van der Waals surface area contributed by atoms with Crippen LogP contribution in [-0.2, 0) is 6.42 Å². The largest absolute Gasteiger partial charge is 0.348 e. The van der Waals surface area contributed by atoms with Gasteiger partial charge in [-0.15, -0.1) is 12.4 Å². The molecule has 1 aromatic carbocycles. The first-order valence-corrected chi connectivity index (χ1v) is 4.35. The van der Waals surface area contributed by atoms with E-state index in [2.05, 4.69) is 16.0 Å². The zero-order valence-electron chi connectivity index (χ0n) is 7.97. The first kappa shape index (κ1) is 11.3. The molecule has 0 radical (unpaired) electrons. The molecular formula is C11H10ClN3. The van der Waals surface area contributed by atoms with Crippen LogP contribution in [0.3, 0.4) is 0 Å². The highest BCUT2D eigenvalue weighted by molar-refractivity contribution is 5.85. The van der Waals surface area contributed by atoms with Crippen LogP contribution in [-0.4, -0.2) is 9.97 Å². The zero-order chi connectivity index (χ0) is 9.80. The van der Waals surface area contributed by atoms with E-state index in [1.165, 1.54) is 5.56 Å². The molecule has 0 fully saturated rings. The Kier molecular flexibility index (Phi) is 3.90. The average molecular weight is 220 g/mol. The van der Waals surface area contributed by atoms with Gasteiger partial charge in [0.2, 0.25) is 0 Å². The number of nitrogens with zero attached hydrogens (tertiary/aromatic N) is 2. The van der Waals surface area contributed by atoms with E-state index in [-0.39, 0.29) is 12.4 Å². The number of hydrogen-bond donors (Lipinski definition) is 1. The molecule has 0 bridgehead atoms. The van der Waals surface area contributed by atoms with Crippen LogP contribution >= 0.6 is 12.4 Å². The van der Waals surface area contributed by atoms with Crippen molar-refractivity contribution in [2.45, 2.75) is 6.42 Å². The molecule has 4 heteroatoms. The van der Waals surface area contributed by atoms with Gasteiger partial charge in [-0.1, -0.05) is 12.1 Å². The monoisotopic (exact) mass is 219 g/mol. The zero-order valence-corrected chi connectivity index (χ0v) is 8.79. The summed E-state index contributed by atoms with van der Waals surface area (Å²) in [6.45, 7) is 0. The van der Waals surface area contributed by atoms with Crippen LogP contribution in [0.5, 0.6) is 0 Å². The Labute approximate surface area is 94.2 Å². The van der Waals surface area contributed by atoms with E-state index in [0.29, 0.717) is 5.56 Å². The minimum atomic E-state index is 0. The number of rotatable bonds is 2. The van der Waals surface area contributed by atoms with Gasteiger partial charge in [-0.05, 0) is 17.7 Å². The number of benzene rings is 1. The minimum absolute atomic E-state index is 0. The van der Waals surface area contributed by atoms with Crippen molar-refractivity contribution in [3.8, 4) is 6.07 Å². The Hall–Kier alpha value is -1.79. The molecule has 1 aromatic heterocycles. The quantitative estimate of drug-likeness (QED) is 0.843. The van der Waals surface area contributed by atoms with Gasteiger partial charge in [-0.3, -0.25) is 0 Å². The maximum absolute atomic E-state index is 8.62. The van der Waals surface area contributed by atoms with Gasteiger partial charge < -0.3 is 4.98 Å². The molecule has 76 valence electrons. The Balaban J connectivity index is 0.00000112. The van der Waals surface area contributed by atoms with Crippen molar-refractivity contribution in [2.24, 2.45) is 0 Å². The molecule has 0 aliphatic carbocycles. The van der Waals surface area contributed by atoms with E-state index in [9.17, 15) is 0 Å². The van der Waals surface area contributed by atoms with Crippen LogP contribution in [0.4, 0.5) is 0 Å². The summed E-state index contributed by atoms with van der Waals surface area (Å²) < 4.78 is 0. The third-order valence-electron chi connectivity index (χ3n) is 2.03. The molecular weight excluding hydrogens is 210 g/mol. The maximum Gasteiger partial charge on any atom is 0.0991 e. The lowest BCUT2D eigenvalue weighted by Crippen LogP contribution is -1.87. The summed E-state index contributed by atoms with van der Waals surface area (Å²) in [5.41, 5.74) is 2.95. The number of H-pyrrole nitrogens is 1. The van der Waals surface area contributed by atoms with Gasteiger partial charge in [0.15, 0.2) is 0 Å². The topological polar surface area (TPSA) is 52.5 Å². The van der Waals surface area contributed by atoms with E-state index in [0.717, 1.165) is 12.1 Å². The maximum atomic E-state index is 8.62. The molecule has 0 aliphatic rings. The molecule has 0 unspecified atom stereocenters. The number of aromatic amines is 1. The number of aromatic nitrogens is 2. The van der Waals surface area contributed by atoms with Crippen LogP contribution in [0.1, 0.15) is 16.8 Å². The second-order valence-electron chi connectivity index (χ2n) is 3.06. The molecule has 1 heterocycles. The van der Waals surface area contributed by atoms with Crippen LogP contribution in [0.25, 0.3) is 0 Å². The van der Waals surface area contributed by atoms with Crippen molar-refractivity contribution in [2.75, 3.05) is 0 Å². The SMILES string of the molecule is Cl.N#Cc1ccc(Cc2cnc[nH]2)cc1. The van der Waals surface area contributed by atoms with Gasteiger partial charge >= 0.3 is 0 Å². The van der Waals surface area contributed by atoms with Crippen molar-refractivity contribution in [3.05, 3.63) is 53.6 Å². The molecule has 15 heavy (non-hydrogen) atoms. The van der Waals surface area contributed by atoms with E-state index in [1.807, 2.05) is 24.3 Å². The normalized spacial score (nSPS) is 9.00. The third-order valence-corrected chi connectivity index (χ3v) is 2.03. The first-order valence-electron chi connectivity index (χ1n) is 4.35. The van der Waals surface area contributed by atoms with Gasteiger partial charge in [0.05, 0.1) is 18.0 Å². The summed E-state index contributed by atoms with van der Waals surface area (Å²) in [6, 6.07) is 9.66. The number of nitrogens with one attached hydrogen (secondary N) is 1. The first-order chi connectivity index (χ1) is 6.88. The molecule has 0 aliphatic heterocycles. The highest BCUT2D eigenvalue weighted by atomic mass is 35.5. The lowest BCUT2D eigenvalue weighted by Gasteiger charge is -1.97. The molecule has 0 saturated heterocycles. The van der Waals surface area contributed by atoms with E-state index >= 15 is 0 Å². The fourth-order valence-corrected chi connectivity index (χ4v) is 1.30. The van der Waals surface area contributed by atoms with Crippen molar-refractivity contribution in [3.63, 3.8) is 0 Å². The van der Waals surface area contributed by atoms with Crippen LogP contribution < -0.4 is 0 Å². The Morgan fingerprint density at radius 3 is 2.53 bits per heavy atom. The summed E-state index contributed by atoms with van der Waals surface area (Å²) in [5, 5.41) is 8.62. The van der Waals surface area contributed by atoms with E-state index in [1.54, 1.807) is 12.5 Å². The van der Waals surface area contributed by atoms with Crippen molar-refractivity contribution in [1.29, 1.82) is 5.26 Å². The summed E-state index contributed by atoms with van der Waals surface area (Å²) in [6.07, 6.45) is 4.29. The number of halogens is 1. The smallest absolute Gasteiger partial charge is 0.0991 e. The highest BCUT2D eigenvalue weighted by Crippen LogP contribution is 2.07. The number of hydrogen-bond acceptors (Lipinski definition) is 2. The predicted molar refractivity (Wildman–Crippen MR) is 59.8 cm³/mol. The number of nitriles is 1. The molecule has 0 spiro atoms. The van der Waals surface area contributed by atoms with Gasteiger partial charge in [0, 0.05) is 18.3 Å². The Bertz CT molecular complexity index is 440. The van der Waals surface area contributed by atoms with E-state index in [4.69, 9.17) is 5.26 Å². The molecule has 0 saturated carbocycles. The van der Waals surface area contributed by atoms with Gasteiger partial charge in [0.25, 0.3) is 0 Å². The predicted octanol–water partition coefficient (Wildman–Crippen LogP) is 2.29. The molecule has 0 atom stereocenters.